The Labute approximate surface area is 122 Å². The summed E-state index contributed by atoms with van der Waals surface area (Å²) in [5.74, 6) is -1.04. The molecule has 0 aliphatic heterocycles. The Bertz CT molecular complexity index is 524. The van der Waals surface area contributed by atoms with Gasteiger partial charge >= 0.3 is 0 Å². The summed E-state index contributed by atoms with van der Waals surface area (Å²) in [7, 11) is 1.36. The number of nitrogens with one attached hydrogen (secondary N) is 1. The molecule has 0 aliphatic rings. The van der Waals surface area contributed by atoms with Crippen LogP contribution in [0.15, 0.2) is 30.5 Å². The van der Waals surface area contributed by atoms with Gasteiger partial charge in [0.2, 0.25) is 5.91 Å². The predicted octanol–water partition coefficient (Wildman–Crippen LogP) is 0.190. The number of aldehydes is 1. The van der Waals surface area contributed by atoms with Gasteiger partial charge in [0.15, 0.2) is 0 Å². The molecule has 0 saturated carbocycles. The quantitative estimate of drug-likeness (QED) is 0.440. The molecule has 1 N–H and O–H groups in total. The maximum absolute atomic E-state index is 12.4. The summed E-state index contributed by atoms with van der Waals surface area (Å²) < 4.78 is 0. The Balaban J connectivity index is 3.11. The van der Waals surface area contributed by atoms with Gasteiger partial charge in [-0.15, -0.1) is 0 Å². The van der Waals surface area contributed by atoms with E-state index in [1.165, 1.54) is 13.3 Å². The Morgan fingerprint density at radius 2 is 2.19 bits per heavy atom. The minimum absolute atomic E-state index is 0.0858. The molecular formula is C14H17N3O4. The summed E-state index contributed by atoms with van der Waals surface area (Å²) in [5.41, 5.74) is 0.432. The van der Waals surface area contributed by atoms with Crippen LogP contribution < -0.4 is 5.32 Å². The molecule has 0 spiro atoms. The first-order valence-electron chi connectivity index (χ1n) is 6.34. The normalized spacial score (nSPS) is 10.9. The molecule has 112 valence electrons. The van der Waals surface area contributed by atoms with E-state index >= 15 is 0 Å². The summed E-state index contributed by atoms with van der Waals surface area (Å²) in [5, 5.41) is 3.44. The zero-order chi connectivity index (χ0) is 15.7. The monoisotopic (exact) mass is 291 g/mol. The molecule has 0 bridgehead atoms. The van der Waals surface area contributed by atoms with Crippen molar-refractivity contribution < 1.29 is 19.2 Å². The van der Waals surface area contributed by atoms with Gasteiger partial charge < -0.3 is 10.1 Å². The molecule has 0 unspecified atom stereocenters. The van der Waals surface area contributed by atoms with Gasteiger partial charge in [-0.2, -0.15) is 0 Å². The van der Waals surface area contributed by atoms with Crippen LogP contribution in [0.3, 0.4) is 0 Å². The number of carbonyl (C=O) groups excluding carboxylic acids is 3. The van der Waals surface area contributed by atoms with Crippen molar-refractivity contribution in [3.05, 3.63) is 36.2 Å². The largest absolute Gasteiger partial charge is 0.346 e. The average molecular weight is 291 g/mol. The van der Waals surface area contributed by atoms with E-state index in [-0.39, 0.29) is 12.1 Å². The van der Waals surface area contributed by atoms with Gasteiger partial charge in [-0.25, -0.2) is 5.06 Å². The lowest BCUT2D eigenvalue weighted by molar-refractivity contribution is -0.167. The van der Waals surface area contributed by atoms with Crippen LogP contribution in [0.1, 0.15) is 12.6 Å². The number of aromatic nitrogens is 1. The van der Waals surface area contributed by atoms with Crippen LogP contribution in [-0.4, -0.2) is 48.3 Å². The lowest BCUT2D eigenvalue weighted by Gasteiger charge is -2.19. The van der Waals surface area contributed by atoms with Crippen molar-refractivity contribution in [2.24, 2.45) is 0 Å². The molecule has 1 rings (SSSR count). The number of nitrogens with zero attached hydrogens (tertiary/aromatic N) is 2. The van der Waals surface area contributed by atoms with Gasteiger partial charge in [-0.3, -0.25) is 19.4 Å². The van der Waals surface area contributed by atoms with Crippen LogP contribution in [0.2, 0.25) is 0 Å². The number of pyridine rings is 1. The van der Waals surface area contributed by atoms with Crippen LogP contribution in [0.4, 0.5) is 0 Å². The summed E-state index contributed by atoms with van der Waals surface area (Å²) >= 11 is 0. The summed E-state index contributed by atoms with van der Waals surface area (Å²) in [6.07, 6.45) is 3.18. The number of hydroxylamine groups is 2. The second-order valence-electron chi connectivity index (χ2n) is 3.87. The number of amides is 2. The fourth-order valence-corrected chi connectivity index (χ4v) is 1.58. The van der Waals surface area contributed by atoms with E-state index in [0.717, 1.165) is 11.1 Å². The van der Waals surface area contributed by atoms with Gasteiger partial charge in [0.25, 0.3) is 5.91 Å². The van der Waals surface area contributed by atoms with Gasteiger partial charge in [0.1, 0.15) is 6.29 Å². The second-order valence-corrected chi connectivity index (χ2v) is 3.87. The molecule has 0 radical (unpaired) electrons. The first-order valence-corrected chi connectivity index (χ1v) is 6.34. The molecule has 0 aromatic carbocycles. The second kappa shape index (κ2) is 8.60. The van der Waals surface area contributed by atoms with Crippen molar-refractivity contribution in [1.82, 2.24) is 15.4 Å². The highest BCUT2D eigenvalue weighted by Gasteiger charge is 2.20. The van der Waals surface area contributed by atoms with E-state index in [1.54, 1.807) is 25.1 Å². The number of hydrogen-bond donors (Lipinski definition) is 1. The lowest BCUT2D eigenvalue weighted by atomic mass is 10.1. The van der Waals surface area contributed by atoms with Crippen molar-refractivity contribution >= 4 is 23.7 Å². The van der Waals surface area contributed by atoms with Crippen LogP contribution in [0, 0.1) is 0 Å². The maximum Gasteiger partial charge on any atom is 0.279 e. The average Bonchev–Trinajstić information content (AvgIpc) is 2.52. The minimum atomic E-state index is -0.553. The molecule has 1 heterocycles. The number of rotatable bonds is 7. The van der Waals surface area contributed by atoms with E-state index in [9.17, 15) is 14.4 Å². The fourth-order valence-electron chi connectivity index (χ4n) is 1.58. The van der Waals surface area contributed by atoms with Crippen molar-refractivity contribution in [2.45, 2.75) is 6.92 Å². The Hall–Kier alpha value is -2.54. The van der Waals surface area contributed by atoms with Gasteiger partial charge in [0.05, 0.1) is 24.9 Å². The first kappa shape index (κ1) is 16.5. The summed E-state index contributed by atoms with van der Waals surface area (Å²) in [4.78, 5) is 43.3. The molecule has 21 heavy (non-hydrogen) atoms. The van der Waals surface area contributed by atoms with Crippen LogP contribution in [-0.2, 0) is 19.2 Å². The third-order valence-corrected chi connectivity index (χ3v) is 2.54. The molecule has 0 fully saturated rings. The molecule has 7 nitrogen and oxygen atoms in total. The topological polar surface area (TPSA) is 88.6 Å². The molecule has 1 aromatic rings. The minimum Gasteiger partial charge on any atom is -0.346 e. The molecule has 0 atom stereocenters. The van der Waals surface area contributed by atoms with Crippen molar-refractivity contribution in [3.8, 4) is 0 Å². The van der Waals surface area contributed by atoms with E-state index in [1.807, 2.05) is 0 Å². The summed E-state index contributed by atoms with van der Waals surface area (Å²) in [6.45, 7) is 1.93. The molecule has 7 heteroatoms. The third-order valence-electron chi connectivity index (χ3n) is 2.54. The third kappa shape index (κ3) is 4.81. The van der Waals surface area contributed by atoms with Crippen molar-refractivity contribution in [1.29, 1.82) is 0 Å². The highest BCUT2D eigenvalue weighted by Crippen LogP contribution is 2.15. The van der Waals surface area contributed by atoms with Crippen LogP contribution >= 0.6 is 0 Å². The van der Waals surface area contributed by atoms with E-state index in [0.29, 0.717) is 18.5 Å². The maximum atomic E-state index is 12.4. The highest BCUT2D eigenvalue weighted by molar-refractivity contribution is 6.22. The standard InChI is InChI=1S/C14H17N3O4/c1-3-17(21-2)14(20)11(10-13(19)16-8-9-18)12-6-4-5-7-15-12/h4-7,9-10H,3,8H2,1-2H3,(H,16,19). The molecule has 0 aliphatic carbocycles. The number of likely N-dealkylation sites (N-methyl/N-ethyl adjacent to an activating group) is 1. The van der Waals surface area contributed by atoms with Gasteiger partial charge in [0, 0.05) is 18.8 Å². The molecule has 1 aromatic heterocycles. The summed E-state index contributed by atoms with van der Waals surface area (Å²) in [6, 6.07) is 5.02. The number of carbonyl (C=O) groups is 3. The molecule has 2 amide bonds. The lowest BCUT2D eigenvalue weighted by Crippen LogP contribution is -2.32. The van der Waals surface area contributed by atoms with E-state index in [4.69, 9.17) is 4.84 Å². The van der Waals surface area contributed by atoms with E-state index < -0.39 is 11.8 Å². The fraction of sp³-hybridized carbons (Fsp3) is 0.286. The van der Waals surface area contributed by atoms with Crippen molar-refractivity contribution in [3.63, 3.8) is 0 Å². The van der Waals surface area contributed by atoms with Crippen molar-refractivity contribution in [2.75, 3.05) is 20.2 Å². The van der Waals surface area contributed by atoms with Gasteiger partial charge in [-0.05, 0) is 19.1 Å². The zero-order valence-electron chi connectivity index (χ0n) is 11.9. The van der Waals surface area contributed by atoms with Crippen LogP contribution in [0.25, 0.3) is 5.57 Å². The Morgan fingerprint density at radius 3 is 2.71 bits per heavy atom. The predicted molar refractivity (Wildman–Crippen MR) is 75.7 cm³/mol. The Morgan fingerprint density at radius 1 is 1.43 bits per heavy atom. The molecule has 0 saturated heterocycles. The zero-order valence-corrected chi connectivity index (χ0v) is 11.9. The smallest absolute Gasteiger partial charge is 0.279 e. The first-order chi connectivity index (χ1) is 10.1. The highest BCUT2D eigenvalue weighted by atomic mass is 16.7. The Kier molecular flexibility index (Phi) is 6.76. The van der Waals surface area contributed by atoms with Crippen LogP contribution in [0.5, 0.6) is 0 Å². The van der Waals surface area contributed by atoms with Gasteiger partial charge in [-0.1, -0.05) is 6.07 Å². The number of hydrogen-bond acceptors (Lipinski definition) is 5. The molecular weight excluding hydrogens is 274 g/mol. The van der Waals surface area contributed by atoms with E-state index in [2.05, 4.69) is 10.3 Å². The SMILES string of the molecule is CCN(OC)C(=O)C(=CC(=O)NCC=O)c1ccccn1.